The molecule has 22 heavy (non-hydrogen) atoms. The van der Waals surface area contributed by atoms with Gasteiger partial charge in [0.25, 0.3) is 0 Å². The number of methoxy groups -OCH3 is 2. The quantitative estimate of drug-likeness (QED) is 0.808. The fourth-order valence-electron chi connectivity index (χ4n) is 2.39. The van der Waals surface area contributed by atoms with Gasteiger partial charge in [-0.2, -0.15) is 0 Å². The first-order valence-corrected chi connectivity index (χ1v) is 7.55. The van der Waals surface area contributed by atoms with Crippen LogP contribution in [0, 0.1) is 0 Å². The second-order valence-electron chi connectivity index (χ2n) is 5.13. The number of unbranched alkanes of at least 4 members (excludes halogenated alkanes) is 1. The molecular weight excluding hydrogens is 280 g/mol. The molecule has 0 aliphatic heterocycles. The van der Waals surface area contributed by atoms with E-state index in [1.807, 2.05) is 22.9 Å². The highest BCUT2D eigenvalue weighted by atomic mass is 16.5. The van der Waals surface area contributed by atoms with Crippen LogP contribution in [0.2, 0.25) is 0 Å². The zero-order chi connectivity index (χ0) is 15.9. The average molecular weight is 304 g/mol. The molecule has 0 radical (unpaired) electrons. The number of rotatable bonds is 8. The Labute approximate surface area is 131 Å². The Kier molecular flexibility index (Phi) is 5.77. The summed E-state index contributed by atoms with van der Waals surface area (Å²) in [6.45, 7) is 3.43. The van der Waals surface area contributed by atoms with Gasteiger partial charge in [0.15, 0.2) is 11.5 Å². The van der Waals surface area contributed by atoms with E-state index in [0.717, 1.165) is 54.3 Å². The molecule has 2 N–H and O–H groups in total. The van der Waals surface area contributed by atoms with Crippen molar-refractivity contribution < 1.29 is 9.47 Å². The number of hydrogen-bond donors (Lipinski definition) is 1. The number of ether oxygens (including phenoxy) is 2. The fourth-order valence-corrected chi connectivity index (χ4v) is 2.39. The molecule has 0 amide bonds. The van der Waals surface area contributed by atoms with Crippen LogP contribution in [0.1, 0.15) is 36.7 Å². The molecule has 0 saturated heterocycles. The number of nitrogens with zero attached hydrogens (tertiary/aromatic N) is 3. The summed E-state index contributed by atoms with van der Waals surface area (Å²) in [6.07, 6.45) is 2.92. The summed E-state index contributed by atoms with van der Waals surface area (Å²) in [6, 6.07) is 5.92. The van der Waals surface area contributed by atoms with Crippen molar-refractivity contribution in [3.63, 3.8) is 0 Å². The highest BCUT2D eigenvalue weighted by Crippen LogP contribution is 2.28. The Morgan fingerprint density at radius 1 is 1.18 bits per heavy atom. The first-order valence-electron chi connectivity index (χ1n) is 7.55. The first kappa shape index (κ1) is 16.3. The van der Waals surface area contributed by atoms with Gasteiger partial charge in [0.1, 0.15) is 0 Å². The van der Waals surface area contributed by atoms with Gasteiger partial charge in [-0.25, -0.2) is 4.68 Å². The molecule has 1 aromatic heterocycles. The third-order valence-corrected chi connectivity index (χ3v) is 3.65. The van der Waals surface area contributed by atoms with Gasteiger partial charge < -0.3 is 15.2 Å². The maximum atomic E-state index is 5.79. The zero-order valence-corrected chi connectivity index (χ0v) is 13.5. The first-order chi connectivity index (χ1) is 10.7. The number of aryl methyl sites for hydroxylation is 1. The lowest BCUT2D eigenvalue weighted by Gasteiger charge is -2.11. The maximum absolute atomic E-state index is 5.79. The minimum absolute atomic E-state index is 0.398. The molecule has 0 fully saturated rings. The van der Waals surface area contributed by atoms with Gasteiger partial charge in [-0.3, -0.25) is 0 Å². The molecule has 0 spiro atoms. The largest absolute Gasteiger partial charge is 0.493 e. The normalized spacial score (nSPS) is 10.7. The van der Waals surface area contributed by atoms with Crippen LogP contribution in [-0.2, 0) is 19.5 Å². The molecule has 0 bridgehead atoms. The van der Waals surface area contributed by atoms with Gasteiger partial charge >= 0.3 is 0 Å². The summed E-state index contributed by atoms with van der Waals surface area (Å²) in [7, 11) is 3.27. The Hall–Kier alpha value is -2.08. The van der Waals surface area contributed by atoms with Crippen molar-refractivity contribution in [1.29, 1.82) is 0 Å². The van der Waals surface area contributed by atoms with Crippen LogP contribution in [0.15, 0.2) is 18.2 Å². The highest BCUT2D eigenvalue weighted by molar-refractivity contribution is 5.44. The SMILES string of the molecule is CCCCn1nnc(CN)c1Cc1ccc(OC)c(OC)c1. The third-order valence-electron chi connectivity index (χ3n) is 3.65. The smallest absolute Gasteiger partial charge is 0.160 e. The van der Waals surface area contributed by atoms with E-state index in [0.29, 0.717) is 6.54 Å². The van der Waals surface area contributed by atoms with E-state index in [-0.39, 0.29) is 0 Å². The molecule has 1 aromatic carbocycles. The lowest BCUT2D eigenvalue weighted by atomic mass is 10.1. The van der Waals surface area contributed by atoms with Crippen LogP contribution in [-0.4, -0.2) is 29.2 Å². The van der Waals surface area contributed by atoms with Crippen molar-refractivity contribution in [3.05, 3.63) is 35.2 Å². The Morgan fingerprint density at radius 2 is 1.95 bits per heavy atom. The van der Waals surface area contributed by atoms with Crippen LogP contribution in [0.5, 0.6) is 11.5 Å². The summed E-state index contributed by atoms with van der Waals surface area (Å²) in [5, 5.41) is 8.42. The summed E-state index contributed by atoms with van der Waals surface area (Å²) in [5.41, 5.74) is 8.83. The predicted octanol–water partition coefficient (Wildman–Crippen LogP) is 2.14. The highest BCUT2D eigenvalue weighted by Gasteiger charge is 2.13. The molecule has 2 aromatic rings. The van der Waals surface area contributed by atoms with Gasteiger partial charge in [-0.15, -0.1) is 5.10 Å². The summed E-state index contributed by atoms with van der Waals surface area (Å²) < 4.78 is 12.6. The monoisotopic (exact) mass is 304 g/mol. The second-order valence-corrected chi connectivity index (χ2v) is 5.13. The maximum Gasteiger partial charge on any atom is 0.160 e. The van der Waals surface area contributed by atoms with Crippen molar-refractivity contribution in [3.8, 4) is 11.5 Å². The number of benzene rings is 1. The summed E-state index contributed by atoms with van der Waals surface area (Å²) >= 11 is 0. The van der Waals surface area contributed by atoms with Gasteiger partial charge in [-0.05, 0) is 24.1 Å². The van der Waals surface area contributed by atoms with E-state index >= 15 is 0 Å². The van der Waals surface area contributed by atoms with Crippen molar-refractivity contribution in [2.24, 2.45) is 5.73 Å². The van der Waals surface area contributed by atoms with E-state index in [1.54, 1.807) is 14.2 Å². The van der Waals surface area contributed by atoms with E-state index in [4.69, 9.17) is 15.2 Å². The molecule has 0 aliphatic rings. The second kappa shape index (κ2) is 7.79. The van der Waals surface area contributed by atoms with Crippen molar-refractivity contribution in [2.75, 3.05) is 14.2 Å². The van der Waals surface area contributed by atoms with Crippen LogP contribution in [0.4, 0.5) is 0 Å². The topological polar surface area (TPSA) is 75.2 Å². The minimum Gasteiger partial charge on any atom is -0.493 e. The van der Waals surface area contributed by atoms with Crippen LogP contribution in [0.25, 0.3) is 0 Å². The Morgan fingerprint density at radius 3 is 2.59 bits per heavy atom. The molecule has 0 aliphatic carbocycles. The standard InChI is InChI=1S/C16H24N4O2/c1-4-5-8-20-14(13(11-17)18-19-20)9-12-6-7-15(21-2)16(10-12)22-3/h6-7,10H,4-5,8-9,11,17H2,1-3H3. The van der Waals surface area contributed by atoms with Gasteiger partial charge in [-0.1, -0.05) is 24.6 Å². The van der Waals surface area contributed by atoms with Crippen LogP contribution < -0.4 is 15.2 Å². The molecule has 2 rings (SSSR count). The molecular formula is C16H24N4O2. The summed E-state index contributed by atoms with van der Waals surface area (Å²) in [5.74, 6) is 1.45. The van der Waals surface area contributed by atoms with Crippen LogP contribution in [0.3, 0.4) is 0 Å². The van der Waals surface area contributed by atoms with Crippen molar-refractivity contribution >= 4 is 0 Å². The average Bonchev–Trinajstić information content (AvgIpc) is 2.94. The molecule has 6 nitrogen and oxygen atoms in total. The van der Waals surface area contributed by atoms with E-state index < -0.39 is 0 Å². The molecule has 0 unspecified atom stereocenters. The Bertz CT molecular complexity index is 610. The van der Waals surface area contributed by atoms with Gasteiger partial charge in [0.05, 0.1) is 25.6 Å². The predicted molar refractivity (Wildman–Crippen MR) is 85.2 cm³/mol. The minimum atomic E-state index is 0.398. The van der Waals surface area contributed by atoms with Crippen molar-refractivity contribution in [1.82, 2.24) is 15.0 Å². The zero-order valence-electron chi connectivity index (χ0n) is 13.5. The number of hydrogen-bond acceptors (Lipinski definition) is 5. The van der Waals surface area contributed by atoms with E-state index in [2.05, 4.69) is 17.2 Å². The lowest BCUT2D eigenvalue weighted by Crippen LogP contribution is -2.09. The van der Waals surface area contributed by atoms with Crippen molar-refractivity contribution in [2.45, 2.75) is 39.3 Å². The summed E-state index contributed by atoms with van der Waals surface area (Å²) in [4.78, 5) is 0. The Balaban J connectivity index is 2.27. The van der Waals surface area contributed by atoms with Crippen LogP contribution >= 0.6 is 0 Å². The lowest BCUT2D eigenvalue weighted by molar-refractivity contribution is 0.354. The number of aromatic nitrogens is 3. The number of nitrogens with two attached hydrogens (primary N) is 1. The molecule has 1 heterocycles. The van der Waals surface area contributed by atoms with Gasteiger partial charge in [0.2, 0.25) is 0 Å². The van der Waals surface area contributed by atoms with Gasteiger partial charge in [0, 0.05) is 19.5 Å². The van der Waals surface area contributed by atoms with E-state index in [9.17, 15) is 0 Å². The third kappa shape index (κ3) is 3.57. The molecule has 0 atom stereocenters. The van der Waals surface area contributed by atoms with E-state index in [1.165, 1.54) is 0 Å². The molecule has 120 valence electrons. The fraction of sp³-hybridized carbons (Fsp3) is 0.500. The molecule has 0 saturated carbocycles. The molecule has 6 heteroatoms.